The number of hydrogen-bond donors (Lipinski definition) is 2. The van der Waals surface area contributed by atoms with Gasteiger partial charge in [-0.05, 0) is 29.8 Å². The van der Waals surface area contributed by atoms with Crippen LogP contribution in [0, 0.1) is 0 Å². The molecule has 8 nitrogen and oxygen atoms in total. The smallest absolute Gasteiger partial charge is 0.291 e. The van der Waals surface area contributed by atoms with Gasteiger partial charge < -0.3 is 10.1 Å². The Morgan fingerprint density at radius 3 is 2.73 bits per heavy atom. The van der Waals surface area contributed by atoms with Gasteiger partial charge in [0.25, 0.3) is 11.5 Å². The van der Waals surface area contributed by atoms with Crippen molar-refractivity contribution < 1.29 is 9.53 Å². The quantitative estimate of drug-likeness (QED) is 0.581. The number of methoxy groups -OCH3 is 1. The molecule has 2 aromatic carbocycles. The summed E-state index contributed by atoms with van der Waals surface area (Å²) in [6, 6.07) is 14.5. The lowest BCUT2D eigenvalue weighted by molar-refractivity contribution is 0.0943. The Bertz CT molecular complexity index is 1160. The highest BCUT2D eigenvalue weighted by Gasteiger charge is 2.17. The number of ether oxygens (including phenoxy) is 1. The number of H-pyrrole nitrogens is 1. The summed E-state index contributed by atoms with van der Waals surface area (Å²) in [5.74, 6) is 0.472. The van der Waals surface area contributed by atoms with Crippen molar-refractivity contribution in [2.45, 2.75) is 6.54 Å². The van der Waals surface area contributed by atoms with E-state index in [1.54, 1.807) is 37.4 Å². The number of nitrogens with zero attached hydrogens (tertiary/aromatic N) is 3. The topological polar surface area (TPSA) is 101 Å². The SMILES string of the molecule is COc1ccc(CNC(=O)c2n[nH]c3nc4ccccc4n3c2=O)cc1. The summed E-state index contributed by atoms with van der Waals surface area (Å²) >= 11 is 0. The maximum absolute atomic E-state index is 12.7. The average molecular weight is 349 g/mol. The Kier molecular flexibility index (Phi) is 3.85. The van der Waals surface area contributed by atoms with Crippen LogP contribution < -0.4 is 15.6 Å². The molecule has 130 valence electrons. The summed E-state index contributed by atoms with van der Waals surface area (Å²) in [6.07, 6.45) is 0. The summed E-state index contributed by atoms with van der Waals surface area (Å²) < 4.78 is 6.45. The van der Waals surface area contributed by atoms with Crippen LogP contribution in [-0.4, -0.2) is 32.6 Å². The Balaban J connectivity index is 1.63. The number of aromatic amines is 1. The molecule has 2 heterocycles. The van der Waals surface area contributed by atoms with Gasteiger partial charge in [-0.1, -0.05) is 24.3 Å². The van der Waals surface area contributed by atoms with Crippen molar-refractivity contribution in [3.63, 3.8) is 0 Å². The van der Waals surface area contributed by atoms with Crippen LogP contribution in [-0.2, 0) is 6.54 Å². The molecule has 0 aliphatic carbocycles. The first-order chi connectivity index (χ1) is 12.7. The molecule has 0 radical (unpaired) electrons. The predicted molar refractivity (Wildman–Crippen MR) is 95.3 cm³/mol. The number of aromatic nitrogens is 4. The number of hydrogen-bond acceptors (Lipinski definition) is 5. The number of fused-ring (bicyclic) bond motifs is 3. The van der Waals surface area contributed by atoms with Gasteiger partial charge in [0.1, 0.15) is 5.75 Å². The molecule has 0 unspecified atom stereocenters. The van der Waals surface area contributed by atoms with E-state index < -0.39 is 11.5 Å². The Hall–Kier alpha value is -3.68. The fourth-order valence-corrected chi connectivity index (χ4v) is 2.72. The van der Waals surface area contributed by atoms with E-state index in [4.69, 9.17) is 4.74 Å². The molecule has 0 saturated carbocycles. The van der Waals surface area contributed by atoms with Crippen LogP contribution in [0.25, 0.3) is 16.8 Å². The van der Waals surface area contributed by atoms with Gasteiger partial charge in [0.15, 0.2) is 0 Å². The molecular formula is C18H15N5O3. The minimum absolute atomic E-state index is 0.214. The lowest BCUT2D eigenvalue weighted by atomic mass is 10.2. The van der Waals surface area contributed by atoms with Crippen LogP contribution in [0.15, 0.2) is 53.3 Å². The van der Waals surface area contributed by atoms with Gasteiger partial charge in [0, 0.05) is 6.54 Å². The molecule has 0 fully saturated rings. The van der Waals surface area contributed by atoms with Gasteiger partial charge in [0.05, 0.1) is 18.1 Å². The zero-order chi connectivity index (χ0) is 18.1. The van der Waals surface area contributed by atoms with Crippen LogP contribution in [0.4, 0.5) is 0 Å². The predicted octanol–water partition coefficient (Wildman–Crippen LogP) is 1.51. The number of nitrogens with one attached hydrogen (secondary N) is 2. The van der Waals surface area contributed by atoms with Crippen molar-refractivity contribution in [1.82, 2.24) is 24.9 Å². The maximum Gasteiger partial charge on any atom is 0.291 e. The zero-order valence-corrected chi connectivity index (χ0v) is 13.9. The van der Waals surface area contributed by atoms with Gasteiger partial charge in [0.2, 0.25) is 11.5 Å². The summed E-state index contributed by atoms with van der Waals surface area (Å²) in [7, 11) is 1.59. The van der Waals surface area contributed by atoms with E-state index in [0.29, 0.717) is 16.8 Å². The van der Waals surface area contributed by atoms with Gasteiger partial charge in [-0.3, -0.25) is 9.59 Å². The van der Waals surface area contributed by atoms with Crippen molar-refractivity contribution in [2.75, 3.05) is 7.11 Å². The fourth-order valence-electron chi connectivity index (χ4n) is 2.72. The first-order valence-corrected chi connectivity index (χ1v) is 7.94. The van der Waals surface area contributed by atoms with Crippen LogP contribution in [0.1, 0.15) is 16.1 Å². The summed E-state index contributed by atoms with van der Waals surface area (Å²) in [6.45, 7) is 0.270. The highest BCUT2D eigenvalue weighted by molar-refractivity contribution is 5.92. The van der Waals surface area contributed by atoms with Crippen molar-refractivity contribution in [3.8, 4) is 5.75 Å². The molecular weight excluding hydrogens is 334 g/mol. The van der Waals surface area contributed by atoms with Crippen molar-refractivity contribution >= 4 is 22.7 Å². The second kappa shape index (κ2) is 6.32. The summed E-state index contributed by atoms with van der Waals surface area (Å²) in [5, 5.41) is 9.26. The summed E-state index contributed by atoms with van der Waals surface area (Å²) in [5.41, 5.74) is 1.42. The van der Waals surface area contributed by atoms with Crippen LogP contribution in [0.2, 0.25) is 0 Å². The second-order valence-corrected chi connectivity index (χ2v) is 5.67. The normalized spacial score (nSPS) is 11.0. The summed E-state index contributed by atoms with van der Waals surface area (Å²) in [4.78, 5) is 29.4. The third kappa shape index (κ3) is 2.67. The van der Waals surface area contributed by atoms with Gasteiger partial charge in [-0.15, -0.1) is 0 Å². The van der Waals surface area contributed by atoms with Crippen molar-refractivity contribution in [3.05, 3.63) is 70.1 Å². The van der Waals surface area contributed by atoms with Crippen LogP contribution >= 0.6 is 0 Å². The highest BCUT2D eigenvalue weighted by Crippen LogP contribution is 2.13. The molecule has 0 saturated heterocycles. The lowest BCUT2D eigenvalue weighted by Gasteiger charge is -2.06. The number of imidazole rings is 1. The van der Waals surface area contributed by atoms with Gasteiger partial charge in [-0.2, -0.15) is 5.10 Å². The van der Waals surface area contributed by atoms with E-state index in [2.05, 4.69) is 20.5 Å². The van der Waals surface area contributed by atoms with E-state index in [1.165, 1.54) is 4.40 Å². The molecule has 1 amide bonds. The van der Waals surface area contributed by atoms with Crippen molar-refractivity contribution in [1.29, 1.82) is 0 Å². The molecule has 2 aromatic heterocycles. The molecule has 0 bridgehead atoms. The molecule has 2 N–H and O–H groups in total. The van der Waals surface area contributed by atoms with E-state index in [0.717, 1.165) is 11.3 Å². The Morgan fingerprint density at radius 2 is 1.96 bits per heavy atom. The minimum atomic E-state index is -0.554. The molecule has 0 aliphatic rings. The molecule has 0 atom stereocenters. The van der Waals surface area contributed by atoms with Gasteiger partial charge >= 0.3 is 0 Å². The third-order valence-electron chi connectivity index (χ3n) is 4.06. The Labute approximate surface area is 147 Å². The monoisotopic (exact) mass is 349 g/mol. The van der Waals surface area contributed by atoms with Crippen LogP contribution in [0.5, 0.6) is 5.75 Å². The third-order valence-corrected chi connectivity index (χ3v) is 4.06. The number of carbonyl (C=O) groups excluding carboxylic acids is 1. The molecule has 4 aromatic rings. The first-order valence-electron chi connectivity index (χ1n) is 7.94. The van der Waals surface area contributed by atoms with Crippen LogP contribution in [0.3, 0.4) is 0 Å². The fraction of sp³-hybridized carbons (Fsp3) is 0.111. The minimum Gasteiger partial charge on any atom is -0.497 e. The maximum atomic E-state index is 12.7. The van der Waals surface area contributed by atoms with E-state index in [9.17, 15) is 9.59 Å². The Morgan fingerprint density at radius 1 is 1.19 bits per heavy atom. The second-order valence-electron chi connectivity index (χ2n) is 5.67. The molecule has 4 rings (SSSR count). The number of para-hydroxylation sites is 2. The molecule has 8 heteroatoms. The first kappa shape index (κ1) is 15.8. The highest BCUT2D eigenvalue weighted by atomic mass is 16.5. The van der Waals surface area contributed by atoms with Gasteiger partial charge in [-0.25, -0.2) is 14.5 Å². The van der Waals surface area contributed by atoms with E-state index >= 15 is 0 Å². The molecule has 0 aliphatic heterocycles. The number of amides is 1. The van der Waals surface area contributed by atoms with E-state index in [-0.39, 0.29) is 12.2 Å². The lowest BCUT2D eigenvalue weighted by Crippen LogP contribution is -2.32. The molecule has 0 spiro atoms. The largest absolute Gasteiger partial charge is 0.497 e. The zero-order valence-electron chi connectivity index (χ0n) is 13.9. The average Bonchev–Trinajstić information content (AvgIpc) is 3.06. The number of carbonyl (C=O) groups is 1. The van der Waals surface area contributed by atoms with E-state index in [1.807, 2.05) is 18.2 Å². The standard InChI is InChI=1S/C18H15N5O3/c1-26-12-8-6-11(7-9-12)10-19-16(24)15-17(25)23-14-5-3-2-4-13(14)20-18(23)22-21-15/h2-9H,10H2,1H3,(H,19,24)(H,20,22). The number of rotatable bonds is 4. The number of benzene rings is 2. The van der Waals surface area contributed by atoms with Crippen molar-refractivity contribution in [2.24, 2.45) is 0 Å². The molecule has 26 heavy (non-hydrogen) atoms.